The highest BCUT2D eigenvalue weighted by Crippen LogP contribution is 2.37. The van der Waals surface area contributed by atoms with Gasteiger partial charge in [0.1, 0.15) is 0 Å². The van der Waals surface area contributed by atoms with E-state index in [1.165, 1.54) is 5.01 Å². The van der Waals surface area contributed by atoms with Crippen molar-refractivity contribution in [3.05, 3.63) is 105 Å². The number of hydrazone groups is 1. The second kappa shape index (κ2) is 9.79. The van der Waals surface area contributed by atoms with E-state index in [1.54, 1.807) is 12.1 Å². The number of halogens is 1. The molecule has 0 saturated heterocycles. The third-order valence-electron chi connectivity index (χ3n) is 6.25. The number of benzene rings is 3. The van der Waals surface area contributed by atoms with Gasteiger partial charge in [0.2, 0.25) is 5.91 Å². The van der Waals surface area contributed by atoms with Gasteiger partial charge >= 0.3 is 5.97 Å². The number of carboxylic acid groups (broad SMARTS) is 1. The molecule has 1 amide bonds. The number of fused-ring (bicyclic) bond motifs is 1. The third-order valence-corrected chi connectivity index (χ3v) is 6.50. The normalized spacial score (nSPS) is 15.2. The Kier molecular flexibility index (Phi) is 6.40. The lowest BCUT2D eigenvalue weighted by Crippen LogP contribution is -2.27. The van der Waals surface area contributed by atoms with Crippen molar-refractivity contribution in [2.24, 2.45) is 5.10 Å². The fraction of sp³-hybridized carbons (Fsp3) is 0.143. The molecule has 180 valence electrons. The number of nitrogens with one attached hydrogen (secondary N) is 1. The van der Waals surface area contributed by atoms with Crippen LogP contribution in [0.5, 0.6) is 0 Å². The standard InChI is InChI=1S/C28H22ClN3O4/c29-19-12-10-18(11-13-19)26-20-8-4-5-9-21(20)30-28(36)27(26)22-16-23(17-6-2-1-3-7-17)32(31-22)24(33)14-15-25(34)35/h1-13,23H,14-16H2,(H,30,36)(H,34,35)/t23-/m0/s1. The summed E-state index contributed by atoms with van der Waals surface area (Å²) in [5.41, 5.74) is 3.57. The summed E-state index contributed by atoms with van der Waals surface area (Å²) in [6, 6.07) is 23.7. The molecular weight excluding hydrogens is 478 g/mol. The van der Waals surface area contributed by atoms with E-state index in [0.717, 1.165) is 16.5 Å². The molecule has 2 N–H and O–H groups in total. The van der Waals surface area contributed by atoms with Crippen LogP contribution in [-0.4, -0.2) is 32.7 Å². The zero-order valence-electron chi connectivity index (χ0n) is 19.1. The maximum atomic E-state index is 13.5. The molecule has 7 nitrogen and oxygen atoms in total. The maximum Gasteiger partial charge on any atom is 0.303 e. The van der Waals surface area contributed by atoms with Crippen LogP contribution in [0.2, 0.25) is 5.02 Å². The molecule has 1 aromatic heterocycles. The third kappa shape index (κ3) is 4.53. The lowest BCUT2D eigenvalue weighted by Gasteiger charge is -2.21. The molecule has 8 heteroatoms. The van der Waals surface area contributed by atoms with Crippen molar-refractivity contribution in [3.8, 4) is 11.1 Å². The largest absolute Gasteiger partial charge is 0.481 e. The Hall–Kier alpha value is -4.23. The first-order chi connectivity index (χ1) is 17.4. The summed E-state index contributed by atoms with van der Waals surface area (Å²) in [5.74, 6) is -1.47. The molecule has 1 aliphatic rings. The van der Waals surface area contributed by atoms with Crippen molar-refractivity contribution in [1.82, 2.24) is 9.99 Å². The van der Waals surface area contributed by atoms with E-state index in [0.29, 0.717) is 33.8 Å². The van der Waals surface area contributed by atoms with Crippen LogP contribution in [0.25, 0.3) is 22.0 Å². The van der Waals surface area contributed by atoms with Crippen LogP contribution in [0.1, 0.15) is 36.4 Å². The average Bonchev–Trinajstić information content (AvgIpc) is 3.32. The number of aromatic amines is 1. The number of para-hydroxylation sites is 1. The number of pyridine rings is 1. The van der Waals surface area contributed by atoms with Gasteiger partial charge in [0.15, 0.2) is 0 Å². The molecule has 0 radical (unpaired) electrons. The summed E-state index contributed by atoms with van der Waals surface area (Å²) in [4.78, 5) is 40.6. The van der Waals surface area contributed by atoms with E-state index in [9.17, 15) is 14.4 Å². The van der Waals surface area contributed by atoms with E-state index in [1.807, 2.05) is 66.7 Å². The topological polar surface area (TPSA) is 103 Å². The Balaban J connectivity index is 1.68. The SMILES string of the molecule is O=C(O)CCC(=O)N1N=C(c2c(-c3ccc(Cl)cc3)c3ccccc3[nH]c2=O)C[C@H]1c1ccccc1. The van der Waals surface area contributed by atoms with E-state index in [4.69, 9.17) is 16.7 Å². The number of aliphatic carboxylic acids is 1. The van der Waals surface area contributed by atoms with Crippen molar-refractivity contribution < 1.29 is 14.7 Å². The minimum atomic E-state index is -1.06. The first kappa shape index (κ1) is 23.5. The first-order valence-electron chi connectivity index (χ1n) is 11.5. The van der Waals surface area contributed by atoms with Gasteiger partial charge < -0.3 is 10.1 Å². The Labute approximate surface area is 211 Å². The smallest absolute Gasteiger partial charge is 0.303 e. The van der Waals surface area contributed by atoms with Gasteiger partial charge in [0, 0.05) is 34.3 Å². The summed E-state index contributed by atoms with van der Waals surface area (Å²) in [5, 5.41) is 16.4. The molecule has 0 unspecified atom stereocenters. The molecule has 5 rings (SSSR count). The van der Waals surface area contributed by atoms with Gasteiger partial charge in [-0.3, -0.25) is 14.4 Å². The minimum absolute atomic E-state index is 0.187. The number of nitrogens with zero attached hydrogens (tertiary/aromatic N) is 2. The van der Waals surface area contributed by atoms with Crippen LogP contribution >= 0.6 is 11.6 Å². The fourth-order valence-corrected chi connectivity index (χ4v) is 4.72. The van der Waals surface area contributed by atoms with E-state index < -0.39 is 17.9 Å². The minimum Gasteiger partial charge on any atom is -0.481 e. The first-order valence-corrected chi connectivity index (χ1v) is 11.9. The highest BCUT2D eigenvalue weighted by Gasteiger charge is 2.35. The van der Waals surface area contributed by atoms with Gasteiger partial charge in [0.05, 0.1) is 23.7 Å². The molecule has 1 atom stereocenters. The Morgan fingerprint density at radius 2 is 1.64 bits per heavy atom. The van der Waals surface area contributed by atoms with Crippen molar-refractivity contribution in [2.75, 3.05) is 0 Å². The fourth-order valence-electron chi connectivity index (χ4n) is 4.59. The highest BCUT2D eigenvalue weighted by atomic mass is 35.5. The second-order valence-electron chi connectivity index (χ2n) is 8.57. The molecule has 3 aromatic carbocycles. The Bertz CT molecular complexity index is 1550. The molecule has 1 aliphatic heterocycles. The van der Waals surface area contributed by atoms with Crippen LogP contribution in [0.3, 0.4) is 0 Å². The number of carbonyl (C=O) groups is 2. The van der Waals surface area contributed by atoms with Crippen molar-refractivity contribution in [1.29, 1.82) is 0 Å². The summed E-state index contributed by atoms with van der Waals surface area (Å²) in [6.45, 7) is 0. The number of aromatic nitrogens is 1. The summed E-state index contributed by atoms with van der Waals surface area (Å²) < 4.78 is 0. The lowest BCUT2D eigenvalue weighted by atomic mass is 9.91. The monoisotopic (exact) mass is 499 g/mol. The molecule has 0 saturated carbocycles. The van der Waals surface area contributed by atoms with Gasteiger partial charge in [0.25, 0.3) is 5.56 Å². The zero-order valence-corrected chi connectivity index (χ0v) is 19.9. The molecule has 2 heterocycles. The number of hydrogen-bond donors (Lipinski definition) is 2. The van der Waals surface area contributed by atoms with Crippen molar-refractivity contribution in [3.63, 3.8) is 0 Å². The quantitative estimate of drug-likeness (QED) is 0.371. The average molecular weight is 500 g/mol. The summed E-state index contributed by atoms with van der Waals surface area (Å²) in [7, 11) is 0. The molecule has 0 fully saturated rings. The molecular formula is C28H22ClN3O4. The summed E-state index contributed by atoms with van der Waals surface area (Å²) >= 11 is 6.13. The van der Waals surface area contributed by atoms with E-state index in [-0.39, 0.29) is 18.4 Å². The molecule has 0 aliphatic carbocycles. The molecule has 0 bridgehead atoms. The Morgan fingerprint density at radius 1 is 0.944 bits per heavy atom. The van der Waals surface area contributed by atoms with Gasteiger partial charge in [-0.2, -0.15) is 5.10 Å². The molecule has 4 aromatic rings. The van der Waals surface area contributed by atoms with Gasteiger partial charge in [-0.15, -0.1) is 0 Å². The number of H-pyrrole nitrogens is 1. The number of hydrogen-bond acceptors (Lipinski definition) is 4. The number of rotatable bonds is 6. The van der Waals surface area contributed by atoms with Crippen molar-refractivity contribution in [2.45, 2.75) is 25.3 Å². The van der Waals surface area contributed by atoms with Crippen LogP contribution in [0.15, 0.2) is 88.8 Å². The lowest BCUT2D eigenvalue weighted by molar-refractivity contribution is -0.141. The van der Waals surface area contributed by atoms with Crippen molar-refractivity contribution >= 4 is 40.1 Å². The predicted molar refractivity (Wildman–Crippen MR) is 139 cm³/mol. The number of carboxylic acids is 1. The Morgan fingerprint density at radius 3 is 2.36 bits per heavy atom. The predicted octanol–water partition coefficient (Wildman–Crippen LogP) is 5.39. The zero-order chi connectivity index (χ0) is 25.2. The molecule has 0 spiro atoms. The molecule has 36 heavy (non-hydrogen) atoms. The summed E-state index contributed by atoms with van der Waals surface area (Å²) in [6.07, 6.45) is -0.174. The van der Waals surface area contributed by atoms with Gasteiger partial charge in [-0.25, -0.2) is 5.01 Å². The van der Waals surface area contributed by atoms with Gasteiger partial charge in [-0.05, 0) is 29.3 Å². The van der Waals surface area contributed by atoms with Crippen LogP contribution in [0.4, 0.5) is 0 Å². The van der Waals surface area contributed by atoms with Gasteiger partial charge in [-0.1, -0.05) is 72.3 Å². The van der Waals surface area contributed by atoms with Crippen LogP contribution in [-0.2, 0) is 9.59 Å². The highest BCUT2D eigenvalue weighted by molar-refractivity contribution is 6.30. The van der Waals surface area contributed by atoms with E-state index >= 15 is 0 Å². The second-order valence-corrected chi connectivity index (χ2v) is 9.00. The van der Waals surface area contributed by atoms with Crippen LogP contribution in [0, 0.1) is 0 Å². The van der Waals surface area contributed by atoms with Crippen LogP contribution < -0.4 is 5.56 Å². The number of carbonyl (C=O) groups excluding carboxylic acids is 1. The number of amides is 1. The van der Waals surface area contributed by atoms with E-state index in [2.05, 4.69) is 10.1 Å². The maximum absolute atomic E-state index is 13.5.